The van der Waals surface area contributed by atoms with Crippen LogP contribution in [-0.4, -0.2) is 74.7 Å². The standard InChI is InChI=1S/C25H32N6O2/c1-18-22(3-4-25(32)30-11-13-33-14-12-30)19(2)31-24(27-18)15-23(28-31)21-7-10-29(17-21)16-20-5-8-26-9-6-20/h5-6,8-9,15,21H,3-4,7,10-14,16-17H2,1-2H3/t21-/m0/s1. The van der Waals surface area contributed by atoms with Gasteiger partial charge >= 0.3 is 0 Å². The second kappa shape index (κ2) is 9.57. The lowest BCUT2D eigenvalue weighted by molar-refractivity contribution is -0.135. The van der Waals surface area contributed by atoms with E-state index in [0.29, 0.717) is 45.1 Å². The summed E-state index contributed by atoms with van der Waals surface area (Å²) in [5.41, 5.74) is 6.52. The number of ether oxygens (including phenoxy) is 1. The lowest BCUT2D eigenvalue weighted by Gasteiger charge is -2.27. The van der Waals surface area contributed by atoms with Crippen LogP contribution in [0.1, 0.15) is 47.0 Å². The van der Waals surface area contributed by atoms with Crippen molar-refractivity contribution in [2.75, 3.05) is 39.4 Å². The topological polar surface area (TPSA) is 75.9 Å². The first-order valence-corrected chi connectivity index (χ1v) is 11.9. The van der Waals surface area contributed by atoms with E-state index in [0.717, 1.165) is 54.3 Å². The quantitative estimate of drug-likeness (QED) is 0.577. The molecule has 3 aromatic heterocycles. The van der Waals surface area contributed by atoms with Crippen molar-refractivity contribution >= 4 is 11.6 Å². The maximum Gasteiger partial charge on any atom is 0.223 e. The molecule has 5 heterocycles. The number of carbonyl (C=O) groups excluding carboxylic acids is 1. The van der Waals surface area contributed by atoms with Gasteiger partial charge in [-0.1, -0.05) is 0 Å². The number of hydrogen-bond acceptors (Lipinski definition) is 6. The van der Waals surface area contributed by atoms with Gasteiger partial charge in [-0.2, -0.15) is 5.10 Å². The van der Waals surface area contributed by atoms with Crippen LogP contribution in [0, 0.1) is 13.8 Å². The SMILES string of the molecule is Cc1nc2cc([C@H]3CCN(Cc4ccncc4)C3)nn2c(C)c1CCC(=O)N1CCOCC1. The van der Waals surface area contributed by atoms with Crippen molar-refractivity contribution in [1.29, 1.82) is 0 Å². The fourth-order valence-corrected chi connectivity index (χ4v) is 5.07. The Labute approximate surface area is 194 Å². The summed E-state index contributed by atoms with van der Waals surface area (Å²) in [6.45, 7) is 9.81. The summed E-state index contributed by atoms with van der Waals surface area (Å²) < 4.78 is 7.33. The molecule has 5 rings (SSSR count). The Morgan fingerprint density at radius 3 is 2.73 bits per heavy atom. The predicted molar refractivity (Wildman–Crippen MR) is 125 cm³/mol. The van der Waals surface area contributed by atoms with Gasteiger partial charge in [-0.3, -0.25) is 14.7 Å². The molecule has 0 bridgehead atoms. The van der Waals surface area contributed by atoms with Crippen LogP contribution in [0.4, 0.5) is 0 Å². The number of morpholine rings is 1. The number of aromatic nitrogens is 4. The Hall–Kier alpha value is -2.84. The zero-order valence-corrected chi connectivity index (χ0v) is 19.5. The molecule has 2 aliphatic rings. The summed E-state index contributed by atoms with van der Waals surface area (Å²) in [5.74, 6) is 0.609. The number of rotatable bonds is 6. The molecule has 0 N–H and O–H groups in total. The van der Waals surface area contributed by atoms with Crippen LogP contribution < -0.4 is 0 Å². The Balaban J connectivity index is 1.28. The van der Waals surface area contributed by atoms with Crippen LogP contribution in [0.25, 0.3) is 5.65 Å². The second-order valence-corrected chi connectivity index (χ2v) is 9.17. The first-order chi connectivity index (χ1) is 16.1. The molecule has 8 heteroatoms. The van der Waals surface area contributed by atoms with Gasteiger partial charge < -0.3 is 9.64 Å². The maximum atomic E-state index is 12.6. The fourth-order valence-electron chi connectivity index (χ4n) is 5.07. The summed E-state index contributed by atoms with van der Waals surface area (Å²) in [6, 6.07) is 6.31. The highest BCUT2D eigenvalue weighted by Gasteiger charge is 2.27. The molecule has 0 radical (unpaired) electrons. The van der Waals surface area contributed by atoms with E-state index in [-0.39, 0.29) is 5.91 Å². The molecule has 0 saturated carbocycles. The van der Waals surface area contributed by atoms with Crippen molar-refractivity contribution in [3.8, 4) is 0 Å². The van der Waals surface area contributed by atoms with Gasteiger partial charge in [0.05, 0.1) is 18.9 Å². The van der Waals surface area contributed by atoms with Crippen LogP contribution in [0.3, 0.4) is 0 Å². The summed E-state index contributed by atoms with van der Waals surface area (Å²) in [7, 11) is 0. The van der Waals surface area contributed by atoms with Crippen molar-refractivity contribution in [2.24, 2.45) is 0 Å². The normalized spacial score (nSPS) is 19.5. The van der Waals surface area contributed by atoms with Gasteiger partial charge in [-0.05, 0) is 56.5 Å². The third kappa shape index (κ3) is 4.77. The summed E-state index contributed by atoms with van der Waals surface area (Å²) in [4.78, 5) is 26.0. The lowest BCUT2D eigenvalue weighted by atomic mass is 10.1. The maximum absolute atomic E-state index is 12.6. The van der Waals surface area contributed by atoms with Crippen LogP contribution in [-0.2, 0) is 22.5 Å². The number of carbonyl (C=O) groups is 1. The van der Waals surface area contributed by atoms with E-state index in [9.17, 15) is 4.79 Å². The third-order valence-corrected chi connectivity index (χ3v) is 6.98. The van der Waals surface area contributed by atoms with Crippen LogP contribution in [0.15, 0.2) is 30.6 Å². The second-order valence-electron chi connectivity index (χ2n) is 9.17. The number of nitrogens with zero attached hydrogens (tertiary/aromatic N) is 6. The molecule has 8 nitrogen and oxygen atoms in total. The van der Waals surface area contributed by atoms with E-state index in [1.165, 1.54) is 5.56 Å². The molecule has 1 amide bonds. The minimum Gasteiger partial charge on any atom is -0.378 e. The molecule has 174 valence electrons. The first kappa shape index (κ1) is 22.0. The average molecular weight is 449 g/mol. The highest BCUT2D eigenvalue weighted by molar-refractivity contribution is 5.76. The highest BCUT2D eigenvalue weighted by Crippen LogP contribution is 2.29. The largest absolute Gasteiger partial charge is 0.378 e. The van der Waals surface area contributed by atoms with Crippen LogP contribution in [0.5, 0.6) is 0 Å². The molecule has 3 aromatic rings. The predicted octanol–water partition coefficient (Wildman–Crippen LogP) is 2.52. The molecule has 2 saturated heterocycles. The summed E-state index contributed by atoms with van der Waals surface area (Å²) >= 11 is 0. The lowest BCUT2D eigenvalue weighted by Crippen LogP contribution is -2.40. The molecule has 33 heavy (non-hydrogen) atoms. The molecule has 1 atom stereocenters. The Morgan fingerprint density at radius 2 is 1.94 bits per heavy atom. The van der Waals surface area contributed by atoms with Crippen LogP contribution in [0.2, 0.25) is 0 Å². The Kier molecular flexibility index (Phi) is 6.37. The molecule has 0 aliphatic carbocycles. The molecular weight excluding hydrogens is 416 g/mol. The molecular formula is C25H32N6O2. The summed E-state index contributed by atoms with van der Waals surface area (Å²) in [6.07, 6.45) is 6.00. The number of aryl methyl sites for hydroxylation is 2. The van der Waals surface area contributed by atoms with Crippen molar-refractivity contribution in [3.05, 3.63) is 58.8 Å². The zero-order chi connectivity index (χ0) is 22.8. The van der Waals surface area contributed by atoms with Crippen LogP contribution >= 0.6 is 0 Å². The number of pyridine rings is 1. The average Bonchev–Trinajstić information content (AvgIpc) is 3.47. The van der Waals surface area contributed by atoms with E-state index in [4.69, 9.17) is 14.8 Å². The fraction of sp³-hybridized carbons (Fsp3) is 0.520. The van der Waals surface area contributed by atoms with Crippen molar-refractivity contribution in [1.82, 2.24) is 29.4 Å². The van der Waals surface area contributed by atoms with Crippen molar-refractivity contribution in [3.63, 3.8) is 0 Å². The van der Waals surface area contributed by atoms with Crippen molar-refractivity contribution in [2.45, 2.75) is 45.6 Å². The van der Waals surface area contributed by atoms with Gasteiger partial charge in [0.15, 0.2) is 5.65 Å². The van der Waals surface area contributed by atoms with E-state index in [1.54, 1.807) is 0 Å². The monoisotopic (exact) mass is 448 g/mol. The molecule has 2 aliphatic heterocycles. The molecule has 0 aromatic carbocycles. The zero-order valence-electron chi connectivity index (χ0n) is 19.5. The van der Waals surface area contributed by atoms with Gasteiger partial charge in [0.2, 0.25) is 5.91 Å². The number of hydrogen-bond donors (Lipinski definition) is 0. The van der Waals surface area contributed by atoms with E-state index < -0.39 is 0 Å². The summed E-state index contributed by atoms with van der Waals surface area (Å²) in [5, 5.41) is 4.96. The minimum atomic E-state index is 0.193. The van der Waals surface area contributed by atoms with E-state index in [1.807, 2.05) is 28.7 Å². The molecule has 2 fully saturated rings. The molecule has 0 spiro atoms. The molecule has 0 unspecified atom stereocenters. The van der Waals surface area contributed by atoms with E-state index in [2.05, 4.69) is 35.0 Å². The number of likely N-dealkylation sites (tertiary alicyclic amines) is 1. The Morgan fingerprint density at radius 1 is 1.15 bits per heavy atom. The van der Waals surface area contributed by atoms with Crippen molar-refractivity contribution < 1.29 is 9.53 Å². The van der Waals surface area contributed by atoms with E-state index >= 15 is 0 Å². The first-order valence-electron chi connectivity index (χ1n) is 11.9. The number of fused-ring (bicyclic) bond motifs is 1. The minimum absolute atomic E-state index is 0.193. The van der Waals surface area contributed by atoms with Gasteiger partial charge in [0.1, 0.15) is 0 Å². The van der Waals surface area contributed by atoms with Gasteiger partial charge in [-0.15, -0.1) is 0 Å². The van der Waals surface area contributed by atoms with Gasteiger partial charge in [-0.25, -0.2) is 9.50 Å². The smallest absolute Gasteiger partial charge is 0.223 e. The third-order valence-electron chi connectivity index (χ3n) is 6.98. The highest BCUT2D eigenvalue weighted by atomic mass is 16.5. The Bertz CT molecular complexity index is 1120. The number of amides is 1. The van der Waals surface area contributed by atoms with Gasteiger partial charge in [0, 0.05) is 68.4 Å². The van der Waals surface area contributed by atoms with Gasteiger partial charge in [0.25, 0.3) is 0 Å².